The highest BCUT2D eigenvalue weighted by Crippen LogP contribution is 2.40. The van der Waals surface area contributed by atoms with Gasteiger partial charge in [0.1, 0.15) is 12.5 Å². The van der Waals surface area contributed by atoms with Gasteiger partial charge in [0.15, 0.2) is 5.82 Å². The Bertz CT molecular complexity index is 1410. The molecule has 1 aromatic carbocycles. The van der Waals surface area contributed by atoms with Crippen LogP contribution in [0.4, 0.5) is 10.2 Å². The van der Waals surface area contributed by atoms with Crippen molar-refractivity contribution in [3.8, 4) is 22.4 Å². The van der Waals surface area contributed by atoms with Crippen molar-refractivity contribution in [3.63, 3.8) is 0 Å². The first-order chi connectivity index (χ1) is 16.4. The average molecular weight is 459 g/mol. The molecule has 0 saturated heterocycles. The standard InChI is InChI=1S/C24H22FN7O2/c1-15-9-17(10-20(13-33)28-15)21-22(16-5-3-2-4-6-16)29-24(26)31-14-30(32(34)23(21)31)12-19-8-7-18(25)11-27-19/h2-11,26,33-34H,12-14H2,1H3. The fourth-order valence-corrected chi connectivity index (χ4v) is 4.10. The summed E-state index contributed by atoms with van der Waals surface area (Å²) in [5, 5.41) is 32.1. The van der Waals surface area contributed by atoms with Crippen LogP contribution in [-0.2, 0) is 19.8 Å². The molecular formula is C24H22FN7O2. The van der Waals surface area contributed by atoms with E-state index in [9.17, 15) is 14.7 Å². The smallest absolute Gasteiger partial charge is 0.225 e. The van der Waals surface area contributed by atoms with Crippen molar-refractivity contribution in [2.24, 2.45) is 0 Å². The topological polar surface area (TPSA) is 114 Å². The van der Waals surface area contributed by atoms with Crippen molar-refractivity contribution in [1.29, 1.82) is 5.41 Å². The van der Waals surface area contributed by atoms with Crippen molar-refractivity contribution in [3.05, 3.63) is 89.3 Å². The van der Waals surface area contributed by atoms with Crippen molar-refractivity contribution in [1.82, 2.24) is 24.5 Å². The van der Waals surface area contributed by atoms with Gasteiger partial charge >= 0.3 is 0 Å². The van der Waals surface area contributed by atoms with Crippen LogP contribution in [0.5, 0.6) is 0 Å². The molecule has 9 nitrogen and oxygen atoms in total. The molecule has 4 aromatic rings. The van der Waals surface area contributed by atoms with E-state index < -0.39 is 5.82 Å². The minimum Gasteiger partial charge on any atom is -0.390 e. The first-order valence-electron chi connectivity index (χ1n) is 10.6. The van der Waals surface area contributed by atoms with E-state index in [1.165, 1.54) is 6.07 Å². The minimum absolute atomic E-state index is 0.0284. The van der Waals surface area contributed by atoms with Crippen LogP contribution >= 0.6 is 0 Å². The molecule has 0 unspecified atom stereocenters. The second-order valence-corrected chi connectivity index (χ2v) is 7.99. The summed E-state index contributed by atoms with van der Waals surface area (Å²) in [5.41, 5.74) is 4.31. The average Bonchev–Trinajstić information content (AvgIpc) is 3.17. The number of aromatic nitrogens is 4. The maximum absolute atomic E-state index is 13.3. The third-order valence-electron chi connectivity index (χ3n) is 5.59. The van der Waals surface area contributed by atoms with Gasteiger partial charge in [-0.1, -0.05) is 30.3 Å². The van der Waals surface area contributed by atoms with Gasteiger partial charge in [-0.15, -0.1) is 0 Å². The zero-order chi connectivity index (χ0) is 23.8. The minimum atomic E-state index is -0.441. The lowest BCUT2D eigenvalue weighted by Gasteiger charge is -2.23. The number of nitrogens with zero attached hydrogens (tertiary/aromatic N) is 6. The Morgan fingerprint density at radius 1 is 1.03 bits per heavy atom. The van der Waals surface area contributed by atoms with Gasteiger partial charge in [-0.3, -0.25) is 25.2 Å². The second kappa shape index (κ2) is 8.75. The number of hydrogen-bond acceptors (Lipinski definition) is 8. The van der Waals surface area contributed by atoms with Gasteiger partial charge in [0.05, 0.1) is 42.0 Å². The van der Waals surface area contributed by atoms with Gasteiger partial charge < -0.3 is 5.11 Å². The van der Waals surface area contributed by atoms with Crippen molar-refractivity contribution in [2.45, 2.75) is 26.7 Å². The van der Waals surface area contributed by atoms with E-state index in [-0.39, 0.29) is 25.4 Å². The molecule has 0 spiro atoms. The largest absolute Gasteiger partial charge is 0.390 e. The molecule has 0 aliphatic carbocycles. The molecule has 3 N–H and O–H groups in total. The lowest BCUT2D eigenvalue weighted by molar-refractivity contribution is 0.0614. The molecule has 0 amide bonds. The maximum Gasteiger partial charge on any atom is 0.225 e. The Morgan fingerprint density at radius 2 is 1.82 bits per heavy atom. The number of pyridine rings is 2. The van der Waals surface area contributed by atoms with Crippen LogP contribution < -0.4 is 10.8 Å². The van der Waals surface area contributed by atoms with Gasteiger partial charge in [-0.05, 0) is 36.8 Å². The molecular weight excluding hydrogens is 437 g/mol. The predicted octanol–water partition coefficient (Wildman–Crippen LogP) is 3.01. The molecule has 5 rings (SSSR count). The molecule has 0 bridgehead atoms. The van der Waals surface area contributed by atoms with Gasteiger partial charge in [0, 0.05) is 11.3 Å². The third kappa shape index (κ3) is 3.94. The maximum atomic E-state index is 13.3. The number of benzene rings is 1. The molecule has 10 heteroatoms. The third-order valence-corrected chi connectivity index (χ3v) is 5.59. The summed E-state index contributed by atoms with van der Waals surface area (Å²) < 4.78 is 14.9. The van der Waals surface area contributed by atoms with E-state index in [0.717, 1.165) is 16.9 Å². The van der Waals surface area contributed by atoms with E-state index in [4.69, 9.17) is 5.41 Å². The van der Waals surface area contributed by atoms with Crippen LogP contribution in [0, 0.1) is 18.2 Å². The van der Waals surface area contributed by atoms with Crippen LogP contribution in [0.15, 0.2) is 60.8 Å². The highest BCUT2D eigenvalue weighted by molar-refractivity contribution is 5.88. The van der Waals surface area contributed by atoms with E-state index in [1.807, 2.05) is 43.3 Å². The number of fused-ring (bicyclic) bond motifs is 1. The highest BCUT2D eigenvalue weighted by atomic mass is 19.1. The molecule has 0 atom stereocenters. The van der Waals surface area contributed by atoms with Crippen LogP contribution in [0.3, 0.4) is 0 Å². The first kappa shape index (κ1) is 21.8. The quantitative estimate of drug-likeness (QED) is 0.420. The Morgan fingerprint density at radius 3 is 2.53 bits per heavy atom. The van der Waals surface area contributed by atoms with Crippen LogP contribution in [0.1, 0.15) is 17.1 Å². The Hall–Kier alpha value is -3.99. The lowest BCUT2D eigenvalue weighted by Crippen LogP contribution is -2.34. The summed E-state index contributed by atoms with van der Waals surface area (Å²) >= 11 is 0. The lowest BCUT2D eigenvalue weighted by atomic mass is 9.99. The zero-order valence-corrected chi connectivity index (χ0v) is 18.4. The van der Waals surface area contributed by atoms with Gasteiger partial charge in [0.25, 0.3) is 0 Å². The summed E-state index contributed by atoms with van der Waals surface area (Å²) in [7, 11) is 0. The van der Waals surface area contributed by atoms with Crippen LogP contribution in [0.2, 0.25) is 0 Å². The molecule has 0 radical (unpaired) electrons. The van der Waals surface area contributed by atoms with Gasteiger partial charge in [-0.25, -0.2) is 9.37 Å². The normalized spacial score (nSPS) is 13.4. The molecule has 172 valence electrons. The number of hydrazine groups is 1. The van der Waals surface area contributed by atoms with Gasteiger partial charge in [-0.2, -0.15) is 10.2 Å². The monoisotopic (exact) mass is 459 g/mol. The van der Waals surface area contributed by atoms with Gasteiger partial charge in [0.2, 0.25) is 5.62 Å². The number of hydrogen-bond donors (Lipinski definition) is 3. The summed E-state index contributed by atoms with van der Waals surface area (Å²) in [5.74, 6) is -0.0840. The fraction of sp³-hybridized carbons (Fsp3) is 0.167. The molecule has 0 saturated carbocycles. The number of aliphatic hydroxyl groups is 1. The number of anilines is 1. The Labute approximate surface area is 194 Å². The summed E-state index contributed by atoms with van der Waals surface area (Å²) in [4.78, 5) is 13.0. The van der Waals surface area contributed by atoms with E-state index in [1.54, 1.807) is 21.7 Å². The number of nitrogens with one attached hydrogen (secondary N) is 1. The number of rotatable bonds is 5. The SMILES string of the molecule is Cc1cc(-c2c(-c3ccccc3)nc(=N)n3c2N(O)N(Cc2ccc(F)cn2)C3)cc(CO)n1. The molecule has 4 heterocycles. The van der Waals surface area contributed by atoms with Crippen molar-refractivity contribution >= 4 is 5.82 Å². The second-order valence-electron chi connectivity index (χ2n) is 7.99. The molecule has 3 aromatic heterocycles. The molecule has 1 aliphatic rings. The van der Waals surface area contributed by atoms with E-state index >= 15 is 0 Å². The van der Waals surface area contributed by atoms with Crippen LogP contribution in [-0.4, -0.2) is 34.8 Å². The summed E-state index contributed by atoms with van der Waals surface area (Å²) in [6.07, 6.45) is 1.12. The predicted molar refractivity (Wildman–Crippen MR) is 121 cm³/mol. The van der Waals surface area contributed by atoms with Crippen molar-refractivity contribution < 1.29 is 14.7 Å². The van der Waals surface area contributed by atoms with Crippen molar-refractivity contribution in [2.75, 3.05) is 5.17 Å². The molecule has 34 heavy (non-hydrogen) atoms. The van der Waals surface area contributed by atoms with E-state index in [2.05, 4.69) is 15.0 Å². The summed E-state index contributed by atoms with van der Waals surface area (Å²) in [6, 6.07) is 15.9. The van der Waals surface area contributed by atoms with Crippen LogP contribution in [0.25, 0.3) is 22.4 Å². The number of aryl methyl sites for hydroxylation is 1. The molecule has 1 aliphatic heterocycles. The molecule has 0 fully saturated rings. The van der Waals surface area contributed by atoms with E-state index in [0.29, 0.717) is 39.7 Å². The highest BCUT2D eigenvalue weighted by Gasteiger charge is 2.33. The number of halogens is 1. The Kier molecular flexibility index (Phi) is 5.62. The number of aliphatic hydroxyl groups excluding tert-OH is 1. The first-order valence-corrected chi connectivity index (χ1v) is 10.6. The fourth-order valence-electron chi connectivity index (χ4n) is 4.10. The zero-order valence-electron chi connectivity index (χ0n) is 18.4. The Balaban J connectivity index is 1.69. The summed E-state index contributed by atoms with van der Waals surface area (Å²) in [6.45, 7) is 1.93.